The highest BCUT2D eigenvalue weighted by atomic mass is 16.5. The SMILES string of the molecule is CN1C(=O)COc2ccc(CCNC(=O)CC(C)(C)C)cc21. The molecule has 1 N–H and O–H groups in total. The topological polar surface area (TPSA) is 58.6 Å². The molecule has 0 saturated carbocycles. The number of fused-ring (bicyclic) bond motifs is 1. The summed E-state index contributed by atoms with van der Waals surface area (Å²) in [5.41, 5.74) is 1.85. The summed E-state index contributed by atoms with van der Waals surface area (Å²) in [6, 6.07) is 5.80. The van der Waals surface area contributed by atoms with E-state index in [1.807, 2.05) is 39.0 Å². The highest BCUT2D eigenvalue weighted by Crippen LogP contribution is 2.31. The van der Waals surface area contributed by atoms with E-state index >= 15 is 0 Å². The van der Waals surface area contributed by atoms with Crippen LogP contribution in [0.3, 0.4) is 0 Å². The van der Waals surface area contributed by atoms with Gasteiger partial charge in [0.2, 0.25) is 5.91 Å². The van der Waals surface area contributed by atoms with Crippen LogP contribution in [0.15, 0.2) is 18.2 Å². The molecular formula is C17H24N2O3. The number of nitrogens with one attached hydrogen (secondary N) is 1. The second kappa shape index (κ2) is 6.38. The molecule has 2 rings (SSSR count). The van der Waals surface area contributed by atoms with E-state index in [2.05, 4.69) is 5.32 Å². The predicted octanol–water partition coefficient (Wildman–Crippen LogP) is 2.14. The number of carbonyl (C=O) groups is 2. The standard InChI is InChI=1S/C17H24N2O3/c1-17(2,3)10-15(20)18-8-7-12-5-6-14-13(9-12)19(4)16(21)11-22-14/h5-6,9H,7-8,10-11H2,1-4H3,(H,18,20). The van der Waals surface area contributed by atoms with Crippen molar-refractivity contribution in [2.24, 2.45) is 5.41 Å². The first-order chi connectivity index (χ1) is 10.3. The van der Waals surface area contributed by atoms with E-state index in [1.54, 1.807) is 11.9 Å². The molecule has 0 radical (unpaired) electrons. The van der Waals surface area contributed by atoms with Crippen LogP contribution in [0.4, 0.5) is 5.69 Å². The van der Waals surface area contributed by atoms with Gasteiger partial charge in [0, 0.05) is 20.0 Å². The number of likely N-dealkylation sites (N-methyl/N-ethyl adjacent to an activating group) is 1. The lowest BCUT2D eigenvalue weighted by Gasteiger charge is -2.26. The van der Waals surface area contributed by atoms with Gasteiger partial charge in [-0.2, -0.15) is 0 Å². The summed E-state index contributed by atoms with van der Waals surface area (Å²) < 4.78 is 5.40. The maximum Gasteiger partial charge on any atom is 0.264 e. The van der Waals surface area contributed by atoms with Gasteiger partial charge >= 0.3 is 0 Å². The van der Waals surface area contributed by atoms with Crippen LogP contribution in [-0.4, -0.2) is 32.0 Å². The van der Waals surface area contributed by atoms with Crippen LogP contribution in [0.1, 0.15) is 32.8 Å². The lowest BCUT2D eigenvalue weighted by Crippen LogP contribution is -2.35. The maximum absolute atomic E-state index is 11.8. The number of amides is 2. The van der Waals surface area contributed by atoms with E-state index in [0.717, 1.165) is 23.4 Å². The van der Waals surface area contributed by atoms with E-state index in [9.17, 15) is 9.59 Å². The third-order valence-electron chi connectivity index (χ3n) is 3.54. The first kappa shape index (κ1) is 16.3. The molecule has 0 fully saturated rings. The van der Waals surface area contributed by atoms with Crippen LogP contribution in [0.25, 0.3) is 0 Å². The first-order valence-corrected chi connectivity index (χ1v) is 7.55. The number of hydrogen-bond acceptors (Lipinski definition) is 3. The Morgan fingerprint density at radius 1 is 1.36 bits per heavy atom. The zero-order valence-corrected chi connectivity index (χ0v) is 13.7. The molecule has 0 atom stereocenters. The Kier molecular flexibility index (Phi) is 4.74. The number of anilines is 1. The van der Waals surface area contributed by atoms with Crippen molar-refractivity contribution in [1.29, 1.82) is 0 Å². The fourth-order valence-corrected chi connectivity index (χ4v) is 2.36. The second-order valence-electron chi connectivity index (χ2n) is 6.88. The summed E-state index contributed by atoms with van der Waals surface area (Å²) in [5.74, 6) is 0.742. The fourth-order valence-electron chi connectivity index (χ4n) is 2.36. The minimum absolute atomic E-state index is 0.00366. The zero-order chi connectivity index (χ0) is 16.3. The van der Waals surface area contributed by atoms with Crippen LogP contribution in [0, 0.1) is 5.41 Å². The van der Waals surface area contributed by atoms with Crippen molar-refractivity contribution in [2.75, 3.05) is 25.1 Å². The summed E-state index contributed by atoms with van der Waals surface area (Å²) in [5, 5.41) is 2.94. The Labute approximate surface area is 131 Å². The molecule has 0 aliphatic carbocycles. The van der Waals surface area contributed by atoms with Crippen LogP contribution >= 0.6 is 0 Å². The Bertz CT molecular complexity index is 576. The number of rotatable bonds is 4. The fraction of sp³-hybridized carbons (Fsp3) is 0.529. The van der Waals surface area contributed by atoms with Crippen LogP contribution < -0.4 is 15.0 Å². The van der Waals surface area contributed by atoms with Crippen molar-refractivity contribution in [2.45, 2.75) is 33.6 Å². The maximum atomic E-state index is 11.8. The van der Waals surface area contributed by atoms with Gasteiger partial charge in [-0.1, -0.05) is 26.8 Å². The smallest absolute Gasteiger partial charge is 0.264 e. The highest BCUT2D eigenvalue weighted by molar-refractivity contribution is 5.97. The van der Waals surface area contributed by atoms with Gasteiger partial charge in [-0.25, -0.2) is 0 Å². The van der Waals surface area contributed by atoms with Crippen molar-refractivity contribution >= 4 is 17.5 Å². The van der Waals surface area contributed by atoms with Crippen molar-refractivity contribution in [1.82, 2.24) is 5.32 Å². The largest absolute Gasteiger partial charge is 0.482 e. The highest BCUT2D eigenvalue weighted by Gasteiger charge is 2.22. The average molecular weight is 304 g/mol. The Balaban J connectivity index is 1.92. The van der Waals surface area contributed by atoms with E-state index in [-0.39, 0.29) is 23.8 Å². The Hall–Kier alpha value is -2.04. The summed E-state index contributed by atoms with van der Waals surface area (Å²) in [7, 11) is 1.75. The van der Waals surface area contributed by atoms with Crippen molar-refractivity contribution in [3.8, 4) is 5.75 Å². The van der Waals surface area contributed by atoms with Crippen molar-refractivity contribution in [3.05, 3.63) is 23.8 Å². The Morgan fingerprint density at radius 3 is 2.77 bits per heavy atom. The summed E-state index contributed by atoms with van der Waals surface area (Å²) >= 11 is 0. The average Bonchev–Trinajstić information content (AvgIpc) is 2.41. The quantitative estimate of drug-likeness (QED) is 0.927. The van der Waals surface area contributed by atoms with E-state index in [4.69, 9.17) is 4.74 Å². The summed E-state index contributed by atoms with van der Waals surface area (Å²) in [6.45, 7) is 6.81. The molecule has 0 saturated heterocycles. The van der Waals surface area contributed by atoms with Crippen LogP contribution in [-0.2, 0) is 16.0 Å². The number of nitrogens with zero attached hydrogens (tertiary/aromatic N) is 1. The van der Waals surface area contributed by atoms with Gasteiger partial charge in [-0.3, -0.25) is 9.59 Å². The monoisotopic (exact) mass is 304 g/mol. The van der Waals surface area contributed by atoms with Crippen LogP contribution in [0.5, 0.6) is 5.75 Å². The summed E-state index contributed by atoms with van der Waals surface area (Å²) in [6.07, 6.45) is 1.24. The molecule has 1 aromatic carbocycles. The third-order valence-corrected chi connectivity index (χ3v) is 3.54. The molecule has 5 nitrogen and oxygen atoms in total. The number of hydrogen-bond donors (Lipinski definition) is 1. The molecule has 22 heavy (non-hydrogen) atoms. The number of carbonyl (C=O) groups excluding carboxylic acids is 2. The molecule has 0 spiro atoms. The minimum Gasteiger partial charge on any atom is -0.482 e. The van der Waals surface area contributed by atoms with E-state index in [0.29, 0.717) is 13.0 Å². The zero-order valence-electron chi connectivity index (χ0n) is 13.7. The molecule has 0 bridgehead atoms. The number of ether oxygens (including phenoxy) is 1. The van der Waals surface area contributed by atoms with Gasteiger partial charge in [0.1, 0.15) is 5.75 Å². The molecule has 0 aromatic heterocycles. The molecule has 2 amide bonds. The molecule has 1 heterocycles. The minimum atomic E-state index is -0.0527. The van der Waals surface area contributed by atoms with E-state index in [1.165, 1.54) is 0 Å². The lowest BCUT2D eigenvalue weighted by molar-refractivity contribution is -0.123. The van der Waals surface area contributed by atoms with E-state index < -0.39 is 0 Å². The molecule has 120 valence electrons. The molecular weight excluding hydrogens is 280 g/mol. The first-order valence-electron chi connectivity index (χ1n) is 7.55. The lowest BCUT2D eigenvalue weighted by atomic mass is 9.92. The molecule has 0 unspecified atom stereocenters. The third kappa shape index (κ3) is 4.23. The van der Waals surface area contributed by atoms with Crippen LogP contribution in [0.2, 0.25) is 0 Å². The van der Waals surface area contributed by atoms with Gasteiger partial charge < -0.3 is 15.0 Å². The normalized spacial score (nSPS) is 14.4. The molecule has 1 aliphatic heterocycles. The summed E-state index contributed by atoms with van der Waals surface area (Å²) in [4.78, 5) is 25.1. The van der Waals surface area contributed by atoms with Crippen molar-refractivity contribution in [3.63, 3.8) is 0 Å². The van der Waals surface area contributed by atoms with Gasteiger partial charge in [0.15, 0.2) is 6.61 Å². The molecule has 1 aromatic rings. The molecule has 5 heteroatoms. The van der Waals surface area contributed by atoms with Gasteiger partial charge in [-0.15, -0.1) is 0 Å². The number of benzene rings is 1. The van der Waals surface area contributed by atoms with Gasteiger partial charge in [-0.05, 0) is 29.5 Å². The van der Waals surface area contributed by atoms with Crippen molar-refractivity contribution < 1.29 is 14.3 Å². The Morgan fingerprint density at radius 2 is 2.09 bits per heavy atom. The molecule has 1 aliphatic rings. The van der Waals surface area contributed by atoms with Gasteiger partial charge in [0.25, 0.3) is 5.91 Å². The predicted molar refractivity (Wildman–Crippen MR) is 86.1 cm³/mol. The van der Waals surface area contributed by atoms with Gasteiger partial charge in [0.05, 0.1) is 5.69 Å². The second-order valence-corrected chi connectivity index (χ2v) is 6.88.